The van der Waals surface area contributed by atoms with Gasteiger partial charge in [-0.1, -0.05) is 42.1 Å². The van der Waals surface area contributed by atoms with Crippen molar-refractivity contribution in [2.75, 3.05) is 6.54 Å². The molecule has 1 aliphatic carbocycles. The molecule has 0 heterocycles. The van der Waals surface area contributed by atoms with Crippen LogP contribution in [0.4, 0.5) is 0 Å². The van der Waals surface area contributed by atoms with Crippen LogP contribution in [0.25, 0.3) is 0 Å². The zero-order valence-electron chi connectivity index (χ0n) is 10.6. The molecule has 5 heteroatoms. The molecule has 0 radical (unpaired) electrons. The minimum atomic E-state index is -0.785. The lowest BCUT2D eigenvalue weighted by molar-refractivity contribution is -0.139. The molecule has 0 aliphatic heterocycles. The lowest BCUT2D eigenvalue weighted by atomic mass is 10.1. The standard InChI is InChI=1S/C14H17Cl2NO2/c15-12-6-5-10(7-13(12)16)8-17(9-14(18)19)11-3-1-2-4-11/h5-7,11H,1-4,8-9H2,(H,18,19). The normalized spacial score (nSPS) is 16.2. The Hall–Kier alpha value is -0.770. The average molecular weight is 302 g/mol. The fraction of sp³-hybridized carbons (Fsp3) is 0.500. The van der Waals surface area contributed by atoms with Gasteiger partial charge in [0.25, 0.3) is 0 Å². The molecule has 2 rings (SSSR count). The van der Waals surface area contributed by atoms with E-state index >= 15 is 0 Å². The molecule has 0 bridgehead atoms. The predicted octanol–water partition coefficient (Wildman–Crippen LogP) is 3.82. The van der Waals surface area contributed by atoms with Crippen molar-refractivity contribution in [3.05, 3.63) is 33.8 Å². The number of hydrogen-bond acceptors (Lipinski definition) is 2. The number of nitrogens with zero attached hydrogens (tertiary/aromatic N) is 1. The van der Waals surface area contributed by atoms with Crippen LogP contribution in [0, 0.1) is 0 Å². The van der Waals surface area contributed by atoms with Gasteiger partial charge in [0.15, 0.2) is 0 Å². The highest BCUT2D eigenvalue weighted by Gasteiger charge is 2.24. The summed E-state index contributed by atoms with van der Waals surface area (Å²) in [6, 6.07) is 5.84. The van der Waals surface area contributed by atoms with Gasteiger partial charge in [0.1, 0.15) is 0 Å². The lowest BCUT2D eigenvalue weighted by Crippen LogP contribution is -2.37. The summed E-state index contributed by atoms with van der Waals surface area (Å²) in [5, 5.41) is 10.1. The third-order valence-electron chi connectivity index (χ3n) is 3.55. The van der Waals surface area contributed by atoms with Crippen molar-refractivity contribution in [2.45, 2.75) is 38.3 Å². The molecule has 19 heavy (non-hydrogen) atoms. The van der Waals surface area contributed by atoms with Gasteiger partial charge in [0.2, 0.25) is 0 Å². The Balaban J connectivity index is 2.09. The number of carbonyl (C=O) groups is 1. The van der Waals surface area contributed by atoms with Gasteiger partial charge < -0.3 is 5.11 Å². The van der Waals surface area contributed by atoms with Gasteiger partial charge in [-0.15, -0.1) is 0 Å². The number of hydrogen-bond donors (Lipinski definition) is 1. The average Bonchev–Trinajstić information content (AvgIpc) is 2.86. The number of halogens is 2. The molecule has 1 aliphatic rings. The number of rotatable bonds is 5. The number of aliphatic carboxylic acids is 1. The van der Waals surface area contributed by atoms with Crippen LogP contribution in [0.5, 0.6) is 0 Å². The highest BCUT2D eigenvalue weighted by Crippen LogP contribution is 2.27. The van der Waals surface area contributed by atoms with Gasteiger partial charge >= 0.3 is 5.97 Å². The van der Waals surface area contributed by atoms with Crippen molar-refractivity contribution in [3.63, 3.8) is 0 Å². The van der Waals surface area contributed by atoms with Crippen LogP contribution in [-0.2, 0) is 11.3 Å². The van der Waals surface area contributed by atoms with E-state index in [1.165, 1.54) is 12.8 Å². The smallest absolute Gasteiger partial charge is 0.317 e. The van der Waals surface area contributed by atoms with Crippen LogP contribution < -0.4 is 0 Å². The molecular formula is C14H17Cl2NO2. The molecule has 0 spiro atoms. The molecule has 1 N–H and O–H groups in total. The van der Waals surface area contributed by atoms with Crippen LogP contribution >= 0.6 is 23.2 Å². The number of carboxylic acids is 1. The Kier molecular flexibility index (Phi) is 5.08. The van der Waals surface area contributed by atoms with Crippen molar-refractivity contribution in [1.82, 2.24) is 4.90 Å². The molecule has 0 unspecified atom stereocenters. The monoisotopic (exact) mass is 301 g/mol. The predicted molar refractivity (Wildman–Crippen MR) is 76.8 cm³/mol. The summed E-state index contributed by atoms with van der Waals surface area (Å²) in [5.41, 5.74) is 1.00. The van der Waals surface area contributed by atoms with E-state index in [0.717, 1.165) is 18.4 Å². The third-order valence-corrected chi connectivity index (χ3v) is 4.29. The summed E-state index contributed by atoms with van der Waals surface area (Å²) in [6.07, 6.45) is 4.52. The molecule has 1 aromatic rings. The highest BCUT2D eigenvalue weighted by atomic mass is 35.5. The summed E-state index contributed by atoms with van der Waals surface area (Å²) in [6.45, 7) is 0.679. The molecule has 3 nitrogen and oxygen atoms in total. The Morgan fingerprint density at radius 2 is 1.95 bits per heavy atom. The Bertz CT molecular complexity index is 459. The van der Waals surface area contributed by atoms with Crippen LogP contribution in [0.1, 0.15) is 31.2 Å². The first-order chi connectivity index (χ1) is 9.06. The Labute approximate surface area is 123 Å². The van der Waals surface area contributed by atoms with Crippen LogP contribution in [-0.4, -0.2) is 28.6 Å². The van der Waals surface area contributed by atoms with Crippen molar-refractivity contribution in [2.24, 2.45) is 0 Å². The zero-order valence-corrected chi connectivity index (χ0v) is 12.1. The molecule has 0 amide bonds. The summed E-state index contributed by atoms with van der Waals surface area (Å²) >= 11 is 11.9. The van der Waals surface area contributed by atoms with Gasteiger partial charge in [-0.3, -0.25) is 9.69 Å². The van der Waals surface area contributed by atoms with Crippen molar-refractivity contribution in [3.8, 4) is 0 Å². The summed E-state index contributed by atoms with van der Waals surface area (Å²) in [7, 11) is 0. The Morgan fingerprint density at radius 3 is 2.53 bits per heavy atom. The van der Waals surface area contributed by atoms with Crippen LogP contribution in [0.3, 0.4) is 0 Å². The maximum Gasteiger partial charge on any atom is 0.317 e. The maximum absolute atomic E-state index is 11.0. The van der Waals surface area contributed by atoms with Gasteiger partial charge in [-0.2, -0.15) is 0 Å². The molecule has 1 saturated carbocycles. The second-order valence-corrected chi connectivity index (χ2v) is 5.80. The van der Waals surface area contributed by atoms with E-state index in [-0.39, 0.29) is 6.54 Å². The lowest BCUT2D eigenvalue weighted by Gasteiger charge is -2.27. The third kappa shape index (κ3) is 4.10. The summed E-state index contributed by atoms with van der Waals surface area (Å²) in [5.74, 6) is -0.785. The zero-order chi connectivity index (χ0) is 13.8. The van der Waals surface area contributed by atoms with Crippen molar-refractivity contribution >= 4 is 29.2 Å². The van der Waals surface area contributed by atoms with E-state index in [2.05, 4.69) is 0 Å². The van der Waals surface area contributed by atoms with Gasteiger partial charge in [-0.05, 0) is 30.5 Å². The quantitative estimate of drug-likeness (QED) is 0.899. The molecule has 1 aromatic carbocycles. The first kappa shape index (κ1) is 14.6. The summed E-state index contributed by atoms with van der Waals surface area (Å²) < 4.78 is 0. The van der Waals surface area contributed by atoms with Gasteiger partial charge in [0.05, 0.1) is 16.6 Å². The van der Waals surface area contributed by atoms with E-state index in [1.807, 2.05) is 17.0 Å². The van der Waals surface area contributed by atoms with E-state index in [9.17, 15) is 4.79 Å². The van der Waals surface area contributed by atoms with E-state index in [4.69, 9.17) is 28.3 Å². The minimum absolute atomic E-state index is 0.0743. The van der Waals surface area contributed by atoms with Crippen LogP contribution in [0.15, 0.2) is 18.2 Å². The molecule has 1 fully saturated rings. The number of benzene rings is 1. The van der Waals surface area contributed by atoms with E-state index in [1.54, 1.807) is 6.07 Å². The van der Waals surface area contributed by atoms with Gasteiger partial charge in [-0.25, -0.2) is 0 Å². The fourth-order valence-electron chi connectivity index (χ4n) is 2.63. The first-order valence-corrected chi connectivity index (χ1v) is 7.21. The topological polar surface area (TPSA) is 40.5 Å². The van der Waals surface area contributed by atoms with E-state index in [0.29, 0.717) is 22.6 Å². The highest BCUT2D eigenvalue weighted by molar-refractivity contribution is 6.42. The second kappa shape index (κ2) is 6.60. The Morgan fingerprint density at radius 1 is 1.26 bits per heavy atom. The largest absolute Gasteiger partial charge is 0.480 e. The minimum Gasteiger partial charge on any atom is -0.480 e. The molecule has 0 saturated heterocycles. The van der Waals surface area contributed by atoms with Crippen LogP contribution in [0.2, 0.25) is 10.0 Å². The van der Waals surface area contributed by atoms with Crippen molar-refractivity contribution in [1.29, 1.82) is 0 Å². The maximum atomic E-state index is 11.0. The van der Waals surface area contributed by atoms with E-state index < -0.39 is 5.97 Å². The fourth-order valence-corrected chi connectivity index (χ4v) is 2.95. The first-order valence-electron chi connectivity index (χ1n) is 6.46. The molecule has 104 valence electrons. The van der Waals surface area contributed by atoms with Gasteiger partial charge in [0, 0.05) is 12.6 Å². The second-order valence-electron chi connectivity index (χ2n) is 4.99. The molecule has 0 aromatic heterocycles. The summed E-state index contributed by atoms with van der Waals surface area (Å²) in [4.78, 5) is 13.0. The van der Waals surface area contributed by atoms with Crippen molar-refractivity contribution < 1.29 is 9.90 Å². The SMILES string of the molecule is O=C(O)CN(Cc1ccc(Cl)c(Cl)c1)C1CCCC1. The molecular weight excluding hydrogens is 285 g/mol. The molecule has 0 atom stereocenters. The number of carboxylic acid groups (broad SMARTS) is 1.